The van der Waals surface area contributed by atoms with Crippen LogP contribution >= 0.6 is 0 Å². The Bertz CT molecular complexity index is 287. The zero-order valence-corrected chi connectivity index (χ0v) is 8.18. The molecule has 0 bridgehead atoms. The standard InChI is InChI=1S/C10H14N2O2/c1-2-12(8-6-10(13)14)9-5-3-4-7-11-9/h3-5,7H,2,6,8H2,1H3,(H,13,14). The first-order valence-corrected chi connectivity index (χ1v) is 4.61. The molecule has 1 aromatic heterocycles. The minimum atomic E-state index is -0.778. The highest BCUT2D eigenvalue weighted by molar-refractivity contribution is 5.67. The van der Waals surface area contributed by atoms with Gasteiger partial charge in [0.25, 0.3) is 0 Å². The quantitative estimate of drug-likeness (QED) is 0.769. The van der Waals surface area contributed by atoms with Gasteiger partial charge in [0.1, 0.15) is 5.82 Å². The van der Waals surface area contributed by atoms with Gasteiger partial charge in [0, 0.05) is 19.3 Å². The second kappa shape index (κ2) is 5.21. The van der Waals surface area contributed by atoms with Crippen molar-refractivity contribution in [3.05, 3.63) is 24.4 Å². The molecule has 0 fully saturated rings. The van der Waals surface area contributed by atoms with E-state index >= 15 is 0 Å². The zero-order chi connectivity index (χ0) is 10.4. The number of carboxylic acids is 1. The summed E-state index contributed by atoms with van der Waals surface area (Å²) in [5.74, 6) is 0.0515. The van der Waals surface area contributed by atoms with Gasteiger partial charge in [-0.1, -0.05) is 6.07 Å². The number of rotatable bonds is 5. The number of aromatic nitrogens is 1. The largest absolute Gasteiger partial charge is 0.481 e. The molecule has 14 heavy (non-hydrogen) atoms. The van der Waals surface area contributed by atoms with E-state index in [4.69, 9.17) is 5.11 Å². The first-order valence-electron chi connectivity index (χ1n) is 4.61. The Kier molecular flexibility index (Phi) is 3.91. The molecule has 0 amide bonds. The molecule has 0 radical (unpaired) electrons. The lowest BCUT2D eigenvalue weighted by atomic mass is 10.3. The molecule has 0 aliphatic rings. The molecule has 0 saturated carbocycles. The number of pyridine rings is 1. The van der Waals surface area contributed by atoms with Crippen LogP contribution in [0.3, 0.4) is 0 Å². The molecule has 0 atom stereocenters. The lowest BCUT2D eigenvalue weighted by Gasteiger charge is -2.20. The zero-order valence-electron chi connectivity index (χ0n) is 8.18. The topological polar surface area (TPSA) is 53.4 Å². The normalized spacial score (nSPS) is 9.79. The molecule has 0 saturated heterocycles. The summed E-state index contributed by atoms with van der Waals surface area (Å²) in [4.78, 5) is 16.5. The summed E-state index contributed by atoms with van der Waals surface area (Å²) in [5, 5.41) is 8.56. The van der Waals surface area contributed by atoms with E-state index in [1.807, 2.05) is 30.0 Å². The minimum Gasteiger partial charge on any atom is -0.481 e. The second-order valence-electron chi connectivity index (χ2n) is 2.91. The van der Waals surface area contributed by atoms with Crippen molar-refractivity contribution in [1.29, 1.82) is 0 Å². The third-order valence-electron chi connectivity index (χ3n) is 1.95. The van der Waals surface area contributed by atoms with E-state index in [0.717, 1.165) is 12.4 Å². The van der Waals surface area contributed by atoms with Crippen molar-refractivity contribution in [1.82, 2.24) is 4.98 Å². The van der Waals surface area contributed by atoms with Crippen molar-refractivity contribution in [3.8, 4) is 0 Å². The fourth-order valence-corrected chi connectivity index (χ4v) is 1.21. The van der Waals surface area contributed by atoms with Crippen LogP contribution in [0.2, 0.25) is 0 Å². The molecule has 0 spiro atoms. The predicted molar refractivity (Wildman–Crippen MR) is 54.4 cm³/mol. The Morgan fingerprint density at radius 3 is 2.86 bits per heavy atom. The van der Waals surface area contributed by atoms with Crippen molar-refractivity contribution in [3.63, 3.8) is 0 Å². The van der Waals surface area contributed by atoms with E-state index in [2.05, 4.69) is 4.98 Å². The minimum absolute atomic E-state index is 0.143. The molecule has 0 unspecified atom stereocenters. The number of anilines is 1. The van der Waals surface area contributed by atoms with Crippen molar-refractivity contribution in [2.45, 2.75) is 13.3 Å². The molecule has 4 heteroatoms. The Morgan fingerprint density at radius 1 is 1.57 bits per heavy atom. The number of hydrogen-bond acceptors (Lipinski definition) is 3. The van der Waals surface area contributed by atoms with Crippen LogP contribution < -0.4 is 4.90 Å². The molecule has 1 heterocycles. The first kappa shape index (κ1) is 10.5. The summed E-state index contributed by atoms with van der Waals surface area (Å²) in [6, 6.07) is 5.62. The third kappa shape index (κ3) is 3.05. The van der Waals surface area contributed by atoms with E-state index in [1.165, 1.54) is 0 Å². The molecular formula is C10H14N2O2. The molecule has 76 valence electrons. The molecule has 1 N–H and O–H groups in total. The van der Waals surface area contributed by atoms with Crippen LogP contribution in [0, 0.1) is 0 Å². The Morgan fingerprint density at radius 2 is 2.36 bits per heavy atom. The van der Waals surface area contributed by atoms with Gasteiger partial charge in [-0.25, -0.2) is 4.98 Å². The van der Waals surface area contributed by atoms with Crippen LogP contribution in [0.15, 0.2) is 24.4 Å². The molecule has 0 aromatic carbocycles. The summed E-state index contributed by atoms with van der Waals surface area (Å²) < 4.78 is 0. The van der Waals surface area contributed by atoms with E-state index < -0.39 is 5.97 Å². The molecule has 4 nitrogen and oxygen atoms in total. The molecular weight excluding hydrogens is 180 g/mol. The smallest absolute Gasteiger partial charge is 0.305 e. The van der Waals surface area contributed by atoms with Gasteiger partial charge in [-0.2, -0.15) is 0 Å². The third-order valence-corrected chi connectivity index (χ3v) is 1.95. The lowest BCUT2D eigenvalue weighted by Crippen LogP contribution is -2.26. The molecule has 0 aliphatic carbocycles. The fourth-order valence-electron chi connectivity index (χ4n) is 1.21. The predicted octanol–water partition coefficient (Wildman–Crippen LogP) is 1.38. The fraction of sp³-hybridized carbons (Fsp3) is 0.400. The number of aliphatic carboxylic acids is 1. The highest BCUT2D eigenvalue weighted by Gasteiger charge is 2.06. The van der Waals surface area contributed by atoms with Crippen LogP contribution in [-0.4, -0.2) is 29.1 Å². The summed E-state index contributed by atoms with van der Waals surface area (Å²) >= 11 is 0. The van der Waals surface area contributed by atoms with E-state index in [1.54, 1.807) is 6.20 Å². The van der Waals surface area contributed by atoms with E-state index in [9.17, 15) is 4.79 Å². The van der Waals surface area contributed by atoms with Gasteiger partial charge < -0.3 is 10.0 Å². The van der Waals surface area contributed by atoms with Crippen molar-refractivity contribution in [2.75, 3.05) is 18.0 Å². The van der Waals surface area contributed by atoms with Gasteiger partial charge in [-0.05, 0) is 19.1 Å². The first-order chi connectivity index (χ1) is 6.74. The van der Waals surface area contributed by atoms with Crippen molar-refractivity contribution in [2.24, 2.45) is 0 Å². The number of nitrogens with zero attached hydrogens (tertiary/aromatic N) is 2. The van der Waals surface area contributed by atoms with Gasteiger partial charge >= 0.3 is 5.97 Å². The van der Waals surface area contributed by atoms with Crippen LogP contribution in [0.4, 0.5) is 5.82 Å². The Balaban J connectivity index is 2.58. The Hall–Kier alpha value is -1.58. The van der Waals surface area contributed by atoms with Gasteiger partial charge in [0.05, 0.1) is 6.42 Å². The van der Waals surface area contributed by atoms with Gasteiger partial charge in [0.2, 0.25) is 0 Å². The maximum Gasteiger partial charge on any atom is 0.305 e. The Labute approximate surface area is 83.2 Å². The maximum atomic E-state index is 10.4. The SMILES string of the molecule is CCN(CCC(=O)O)c1ccccn1. The van der Waals surface area contributed by atoms with E-state index in [-0.39, 0.29) is 6.42 Å². The van der Waals surface area contributed by atoms with E-state index in [0.29, 0.717) is 6.54 Å². The van der Waals surface area contributed by atoms with Gasteiger partial charge in [0.15, 0.2) is 0 Å². The summed E-state index contributed by atoms with van der Waals surface area (Å²) in [6.45, 7) is 3.25. The van der Waals surface area contributed by atoms with Crippen LogP contribution in [0.1, 0.15) is 13.3 Å². The number of carbonyl (C=O) groups is 1. The van der Waals surface area contributed by atoms with Gasteiger partial charge in [-0.3, -0.25) is 4.79 Å². The molecule has 0 aliphatic heterocycles. The number of hydrogen-bond donors (Lipinski definition) is 1. The van der Waals surface area contributed by atoms with Crippen LogP contribution in [0.5, 0.6) is 0 Å². The summed E-state index contributed by atoms with van der Waals surface area (Å²) in [7, 11) is 0. The van der Waals surface area contributed by atoms with Crippen molar-refractivity contribution < 1.29 is 9.90 Å². The average Bonchev–Trinajstić information content (AvgIpc) is 2.20. The van der Waals surface area contributed by atoms with Crippen LogP contribution in [-0.2, 0) is 4.79 Å². The maximum absolute atomic E-state index is 10.4. The highest BCUT2D eigenvalue weighted by atomic mass is 16.4. The lowest BCUT2D eigenvalue weighted by molar-refractivity contribution is -0.136. The monoisotopic (exact) mass is 194 g/mol. The summed E-state index contributed by atoms with van der Waals surface area (Å²) in [6.07, 6.45) is 1.85. The van der Waals surface area contributed by atoms with Crippen LogP contribution in [0.25, 0.3) is 0 Å². The van der Waals surface area contributed by atoms with Crippen molar-refractivity contribution >= 4 is 11.8 Å². The molecule has 1 aromatic rings. The van der Waals surface area contributed by atoms with Gasteiger partial charge in [-0.15, -0.1) is 0 Å². The summed E-state index contributed by atoms with van der Waals surface area (Å²) in [5.41, 5.74) is 0. The second-order valence-corrected chi connectivity index (χ2v) is 2.91. The molecule has 1 rings (SSSR count). The number of carboxylic acid groups (broad SMARTS) is 1. The average molecular weight is 194 g/mol. The highest BCUT2D eigenvalue weighted by Crippen LogP contribution is 2.08.